The lowest BCUT2D eigenvalue weighted by Crippen LogP contribution is -2.35. The number of carbonyl (C=O) groups excluding carboxylic acids is 1. The van der Waals surface area contributed by atoms with Crippen LogP contribution in [-0.2, 0) is 17.8 Å². The largest absolute Gasteiger partial charge is 0.467 e. The highest BCUT2D eigenvalue weighted by Crippen LogP contribution is 2.25. The molecule has 1 amide bonds. The first-order chi connectivity index (χ1) is 14.8. The zero-order valence-corrected chi connectivity index (χ0v) is 17.7. The topological polar surface area (TPSA) is 71.3 Å². The van der Waals surface area contributed by atoms with Crippen LogP contribution in [0.2, 0.25) is 0 Å². The Bertz CT molecular complexity index is 925. The minimum Gasteiger partial charge on any atom is -0.467 e. The van der Waals surface area contributed by atoms with Gasteiger partial charge in [-0.05, 0) is 48.9 Å². The van der Waals surface area contributed by atoms with E-state index in [-0.39, 0.29) is 11.7 Å². The van der Waals surface area contributed by atoms with Crippen LogP contribution in [0, 0.1) is 5.92 Å². The lowest BCUT2D eigenvalue weighted by molar-refractivity contribution is -0.118. The minimum atomic E-state index is -0.0628. The van der Waals surface area contributed by atoms with Crippen molar-refractivity contribution >= 4 is 23.5 Å². The molecule has 1 saturated heterocycles. The molecule has 0 saturated carbocycles. The molecule has 0 spiro atoms. The van der Waals surface area contributed by atoms with Gasteiger partial charge in [-0.15, -0.1) is 0 Å². The van der Waals surface area contributed by atoms with Crippen molar-refractivity contribution in [3.8, 4) is 0 Å². The average Bonchev–Trinajstić information content (AvgIpc) is 3.31. The fraction of sp³-hybridized carbons (Fsp3) is 0.348. The number of rotatable bonds is 8. The monoisotopic (exact) mass is 422 g/mol. The molecular weight excluding hydrogens is 396 g/mol. The Morgan fingerprint density at radius 2 is 1.97 bits per heavy atom. The normalized spacial score (nSPS) is 14.6. The molecule has 2 aromatic heterocycles. The maximum Gasteiger partial charge on any atom is 0.230 e. The third-order valence-electron chi connectivity index (χ3n) is 5.30. The summed E-state index contributed by atoms with van der Waals surface area (Å²) in [5, 5.41) is 3.47. The summed E-state index contributed by atoms with van der Waals surface area (Å²) in [6.45, 7) is 2.40. The van der Waals surface area contributed by atoms with Gasteiger partial charge in [0.05, 0.1) is 18.6 Å². The van der Waals surface area contributed by atoms with Gasteiger partial charge in [-0.1, -0.05) is 42.1 Å². The Morgan fingerprint density at radius 1 is 1.13 bits per heavy atom. The predicted molar refractivity (Wildman–Crippen MR) is 118 cm³/mol. The summed E-state index contributed by atoms with van der Waals surface area (Å²) in [5.41, 5.74) is 1.42. The summed E-state index contributed by atoms with van der Waals surface area (Å²) in [4.78, 5) is 23.3. The number of nitrogens with zero attached hydrogens (tertiary/aromatic N) is 3. The van der Waals surface area contributed by atoms with Gasteiger partial charge in [0.1, 0.15) is 11.6 Å². The lowest BCUT2D eigenvalue weighted by Gasteiger charge is -2.33. The standard InChI is InChI=1S/C23H26N4O2S/c28-22(25-16-20-7-4-14-29-20)17-30-23-24-11-8-21(26-23)27-12-9-19(10-13-27)15-18-5-2-1-3-6-18/h1-8,11,14,19H,9-10,12-13,15-17H2,(H,25,28). The van der Waals surface area contributed by atoms with Gasteiger partial charge in [-0.3, -0.25) is 4.79 Å². The van der Waals surface area contributed by atoms with Crippen molar-refractivity contribution in [3.63, 3.8) is 0 Å². The van der Waals surface area contributed by atoms with E-state index >= 15 is 0 Å². The van der Waals surface area contributed by atoms with Crippen LogP contribution in [0.4, 0.5) is 5.82 Å². The minimum absolute atomic E-state index is 0.0628. The first-order valence-corrected chi connectivity index (χ1v) is 11.3. The quantitative estimate of drug-likeness (QED) is 0.438. The molecule has 1 aliphatic heterocycles. The molecule has 1 fully saturated rings. The Kier molecular flexibility index (Phi) is 7.03. The van der Waals surface area contributed by atoms with E-state index in [1.165, 1.54) is 17.3 Å². The van der Waals surface area contributed by atoms with Crippen LogP contribution in [0.3, 0.4) is 0 Å². The molecule has 0 radical (unpaired) electrons. The van der Waals surface area contributed by atoms with Crippen molar-refractivity contribution in [2.75, 3.05) is 23.7 Å². The number of anilines is 1. The second kappa shape index (κ2) is 10.3. The van der Waals surface area contributed by atoms with Gasteiger partial charge in [0.2, 0.25) is 5.91 Å². The van der Waals surface area contributed by atoms with E-state index in [0.29, 0.717) is 11.7 Å². The second-order valence-electron chi connectivity index (χ2n) is 7.46. The molecule has 3 aromatic rings. The van der Waals surface area contributed by atoms with E-state index in [1.54, 1.807) is 18.5 Å². The molecule has 0 aliphatic carbocycles. The van der Waals surface area contributed by atoms with E-state index in [4.69, 9.17) is 4.42 Å². The van der Waals surface area contributed by atoms with E-state index in [2.05, 4.69) is 50.5 Å². The SMILES string of the molecule is O=C(CSc1nccc(N2CCC(Cc3ccccc3)CC2)n1)NCc1ccco1. The highest BCUT2D eigenvalue weighted by molar-refractivity contribution is 7.99. The number of thioether (sulfide) groups is 1. The van der Waals surface area contributed by atoms with E-state index in [9.17, 15) is 4.79 Å². The summed E-state index contributed by atoms with van der Waals surface area (Å²) in [7, 11) is 0. The number of piperidine rings is 1. The maximum atomic E-state index is 12.0. The van der Waals surface area contributed by atoms with Crippen molar-refractivity contribution in [1.82, 2.24) is 15.3 Å². The lowest BCUT2D eigenvalue weighted by atomic mass is 9.90. The van der Waals surface area contributed by atoms with Crippen LogP contribution in [0.1, 0.15) is 24.2 Å². The summed E-state index contributed by atoms with van der Waals surface area (Å²) in [6, 6.07) is 16.3. The molecule has 30 heavy (non-hydrogen) atoms. The summed E-state index contributed by atoms with van der Waals surface area (Å²) >= 11 is 1.35. The molecule has 4 rings (SSSR count). The molecule has 0 unspecified atom stereocenters. The molecule has 1 aliphatic rings. The number of furan rings is 1. The molecule has 0 bridgehead atoms. The third-order valence-corrected chi connectivity index (χ3v) is 6.16. The first-order valence-electron chi connectivity index (χ1n) is 10.3. The van der Waals surface area contributed by atoms with Crippen molar-refractivity contribution in [2.45, 2.75) is 31.0 Å². The van der Waals surface area contributed by atoms with Gasteiger partial charge in [0.25, 0.3) is 0 Å². The van der Waals surface area contributed by atoms with E-state index in [0.717, 1.165) is 49.8 Å². The molecule has 1 aromatic carbocycles. The molecule has 6 nitrogen and oxygen atoms in total. The molecule has 156 valence electrons. The molecule has 1 N–H and O–H groups in total. The Balaban J connectivity index is 1.24. The van der Waals surface area contributed by atoms with Gasteiger partial charge in [-0.2, -0.15) is 0 Å². The van der Waals surface area contributed by atoms with Crippen LogP contribution in [0.25, 0.3) is 0 Å². The number of benzene rings is 1. The van der Waals surface area contributed by atoms with Crippen LogP contribution in [0.15, 0.2) is 70.6 Å². The number of aromatic nitrogens is 2. The van der Waals surface area contributed by atoms with Crippen molar-refractivity contribution in [3.05, 3.63) is 72.3 Å². The smallest absolute Gasteiger partial charge is 0.230 e. The zero-order chi connectivity index (χ0) is 20.6. The third kappa shape index (κ3) is 5.86. The summed E-state index contributed by atoms with van der Waals surface area (Å²) in [5.74, 6) is 2.62. The van der Waals surface area contributed by atoms with Gasteiger partial charge in [0, 0.05) is 19.3 Å². The Morgan fingerprint density at radius 3 is 2.73 bits per heavy atom. The van der Waals surface area contributed by atoms with Crippen molar-refractivity contribution in [1.29, 1.82) is 0 Å². The second-order valence-corrected chi connectivity index (χ2v) is 8.40. The van der Waals surface area contributed by atoms with Crippen molar-refractivity contribution in [2.24, 2.45) is 5.92 Å². The zero-order valence-electron chi connectivity index (χ0n) is 16.9. The number of hydrogen-bond donors (Lipinski definition) is 1. The maximum absolute atomic E-state index is 12.0. The highest BCUT2D eigenvalue weighted by atomic mass is 32.2. The van der Waals surface area contributed by atoms with Crippen LogP contribution in [-0.4, -0.2) is 34.7 Å². The van der Waals surface area contributed by atoms with Crippen LogP contribution >= 0.6 is 11.8 Å². The van der Waals surface area contributed by atoms with Crippen molar-refractivity contribution < 1.29 is 9.21 Å². The van der Waals surface area contributed by atoms with Gasteiger partial charge in [-0.25, -0.2) is 9.97 Å². The molecule has 0 atom stereocenters. The molecular formula is C23H26N4O2S. The van der Waals surface area contributed by atoms with E-state index < -0.39 is 0 Å². The number of amides is 1. The highest BCUT2D eigenvalue weighted by Gasteiger charge is 2.21. The fourth-order valence-electron chi connectivity index (χ4n) is 3.67. The number of carbonyl (C=O) groups is 1. The number of nitrogens with one attached hydrogen (secondary N) is 1. The van der Waals surface area contributed by atoms with Gasteiger partial charge >= 0.3 is 0 Å². The van der Waals surface area contributed by atoms with Gasteiger partial charge < -0.3 is 14.6 Å². The van der Waals surface area contributed by atoms with Gasteiger partial charge in [0.15, 0.2) is 5.16 Å². The van der Waals surface area contributed by atoms with Crippen LogP contribution < -0.4 is 10.2 Å². The van der Waals surface area contributed by atoms with Crippen LogP contribution in [0.5, 0.6) is 0 Å². The Labute approximate surface area is 181 Å². The summed E-state index contributed by atoms with van der Waals surface area (Å²) < 4.78 is 5.22. The van der Waals surface area contributed by atoms with E-state index in [1.807, 2.05) is 12.1 Å². The molecule has 7 heteroatoms. The first kappa shape index (κ1) is 20.5. The molecule has 3 heterocycles. The average molecular weight is 423 g/mol. The fourth-order valence-corrected chi connectivity index (χ4v) is 4.33. The summed E-state index contributed by atoms with van der Waals surface area (Å²) in [6.07, 6.45) is 6.85. The predicted octanol–water partition coefficient (Wildman–Crippen LogP) is 3.94. The number of hydrogen-bond acceptors (Lipinski definition) is 6. The Hall–Kier alpha value is -2.80.